The zero-order chi connectivity index (χ0) is 25.4. The lowest BCUT2D eigenvalue weighted by molar-refractivity contribution is -0.159. The van der Waals surface area contributed by atoms with Crippen molar-refractivity contribution in [2.24, 2.45) is 0 Å². The largest absolute Gasteiger partial charge is 0.478 e. The van der Waals surface area contributed by atoms with Gasteiger partial charge in [-0.1, -0.05) is 42.9 Å². The van der Waals surface area contributed by atoms with Crippen LogP contribution in [-0.2, 0) is 42.8 Å². The molecule has 0 radical (unpaired) electrons. The van der Waals surface area contributed by atoms with Crippen LogP contribution in [0.1, 0.15) is 20.8 Å². The first-order valence-electron chi connectivity index (χ1n) is 8.98. The van der Waals surface area contributed by atoms with Crippen LogP contribution in [0.5, 0.6) is 0 Å². The summed E-state index contributed by atoms with van der Waals surface area (Å²) in [4.78, 5) is 31.4. The molecular formula is C20H32Cl2O10. The Morgan fingerprint density at radius 3 is 1.16 bits per heavy atom. The van der Waals surface area contributed by atoms with Crippen molar-refractivity contribution in [1.82, 2.24) is 0 Å². The van der Waals surface area contributed by atoms with Gasteiger partial charge < -0.3 is 33.5 Å². The Kier molecular flexibility index (Phi) is 27.4. The van der Waals surface area contributed by atoms with Crippen molar-refractivity contribution in [2.75, 3.05) is 52.1 Å². The Hall–Kier alpha value is -1.95. The van der Waals surface area contributed by atoms with Crippen LogP contribution in [-0.4, -0.2) is 75.2 Å². The van der Waals surface area contributed by atoms with Crippen LogP contribution in [0.4, 0.5) is 0 Å². The summed E-state index contributed by atoms with van der Waals surface area (Å²) in [7, 11) is 0. The Morgan fingerprint density at radius 1 is 0.656 bits per heavy atom. The van der Waals surface area contributed by atoms with Crippen molar-refractivity contribution in [2.45, 2.75) is 20.8 Å². The van der Waals surface area contributed by atoms with Crippen LogP contribution in [0.3, 0.4) is 0 Å². The molecular weight excluding hydrogens is 471 g/mol. The van der Waals surface area contributed by atoms with Gasteiger partial charge in [0.05, 0.1) is 26.4 Å². The number of alkyl halides is 2. The SMILES string of the molecule is C=C(C)C(=O)O.C=C(C)C(=O)OCOCCOCOC(=O)C(=C)C.ClCOCCOCCl. The maximum Gasteiger partial charge on any atom is 0.335 e. The Labute approximate surface area is 198 Å². The zero-order valence-corrected chi connectivity index (χ0v) is 20.2. The van der Waals surface area contributed by atoms with E-state index in [0.29, 0.717) is 24.4 Å². The third kappa shape index (κ3) is 30.2. The third-order valence-corrected chi connectivity index (χ3v) is 2.82. The summed E-state index contributed by atoms with van der Waals surface area (Å²) in [5, 5.41) is 7.89. The molecule has 186 valence electrons. The lowest BCUT2D eigenvalue weighted by Crippen LogP contribution is -2.14. The van der Waals surface area contributed by atoms with Crippen molar-refractivity contribution < 1.29 is 47.9 Å². The van der Waals surface area contributed by atoms with E-state index in [4.69, 9.17) is 47.3 Å². The van der Waals surface area contributed by atoms with Crippen LogP contribution in [0, 0.1) is 0 Å². The smallest absolute Gasteiger partial charge is 0.335 e. The van der Waals surface area contributed by atoms with Crippen molar-refractivity contribution in [1.29, 1.82) is 0 Å². The molecule has 0 fully saturated rings. The molecule has 0 saturated carbocycles. The molecule has 0 aliphatic rings. The molecule has 0 aromatic rings. The summed E-state index contributed by atoms with van der Waals surface area (Å²) in [6.07, 6.45) is 0. The Morgan fingerprint density at radius 2 is 0.938 bits per heavy atom. The van der Waals surface area contributed by atoms with E-state index in [9.17, 15) is 14.4 Å². The molecule has 0 aliphatic carbocycles. The first kappa shape index (κ1) is 34.7. The molecule has 10 nitrogen and oxygen atoms in total. The maximum absolute atomic E-state index is 10.9. The molecule has 0 saturated heterocycles. The minimum atomic E-state index is -0.935. The molecule has 12 heteroatoms. The van der Waals surface area contributed by atoms with Crippen molar-refractivity contribution >= 4 is 41.1 Å². The standard InChI is InChI=1S/C12H18O6.C4H8Cl2O2.C4H6O2/c1-9(2)11(13)17-7-15-5-6-16-8-18-12(14)10(3)4;5-3-7-1-2-8-4-6;1-3(2)4(5)6/h1,3,5-8H2,2,4H3;1-4H2;1H2,2H3,(H,5,6). The number of aliphatic carboxylic acids is 1. The highest BCUT2D eigenvalue weighted by molar-refractivity contribution is 6.17. The molecule has 0 aliphatic heterocycles. The second-order valence-corrected chi connectivity index (χ2v) is 6.03. The molecule has 32 heavy (non-hydrogen) atoms. The molecule has 0 aromatic carbocycles. The summed E-state index contributed by atoms with van der Waals surface area (Å²) >= 11 is 10.3. The normalized spacial score (nSPS) is 9.28. The maximum atomic E-state index is 10.9. The number of halogens is 2. The summed E-state index contributed by atoms with van der Waals surface area (Å²) in [5.41, 5.74) is 0.790. The molecule has 1 N–H and O–H groups in total. The quantitative estimate of drug-likeness (QED) is 0.117. The van der Waals surface area contributed by atoms with Gasteiger partial charge in [0.25, 0.3) is 0 Å². The number of hydrogen-bond donors (Lipinski definition) is 1. The molecule has 0 bridgehead atoms. The van der Waals surface area contributed by atoms with Gasteiger partial charge >= 0.3 is 17.9 Å². The molecule has 0 aromatic heterocycles. The van der Waals surface area contributed by atoms with Crippen LogP contribution >= 0.6 is 23.2 Å². The van der Waals surface area contributed by atoms with Gasteiger partial charge in [-0.2, -0.15) is 0 Å². The highest BCUT2D eigenvalue weighted by Gasteiger charge is 2.03. The van der Waals surface area contributed by atoms with Crippen LogP contribution in [0.15, 0.2) is 36.5 Å². The van der Waals surface area contributed by atoms with E-state index in [1.165, 1.54) is 6.92 Å². The van der Waals surface area contributed by atoms with E-state index < -0.39 is 17.9 Å². The van der Waals surface area contributed by atoms with Gasteiger partial charge in [0.1, 0.15) is 12.1 Å². The molecule has 0 atom stereocenters. The minimum Gasteiger partial charge on any atom is -0.478 e. The number of esters is 2. The molecule has 0 rings (SSSR count). The van der Waals surface area contributed by atoms with Gasteiger partial charge in [-0.25, -0.2) is 14.4 Å². The van der Waals surface area contributed by atoms with Gasteiger partial charge in [-0.3, -0.25) is 0 Å². The van der Waals surface area contributed by atoms with Gasteiger partial charge in [0.2, 0.25) is 0 Å². The fourth-order valence-electron chi connectivity index (χ4n) is 0.899. The lowest BCUT2D eigenvalue weighted by Gasteiger charge is -2.07. The number of carboxylic acids is 1. The highest BCUT2D eigenvalue weighted by atomic mass is 35.5. The summed E-state index contributed by atoms with van der Waals surface area (Å²) in [6.45, 7) is 15.6. The summed E-state index contributed by atoms with van der Waals surface area (Å²) in [6, 6.07) is 0.428. The average Bonchev–Trinajstić information content (AvgIpc) is 2.73. The van der Waals surface area contributed by atoms with E-state index in [-0.39, 0.29) is 44.5 Å². The highest BCUT2D eigenvalue weighted by Crippen LogP contribution is 1.93. The van der Waals surface area contributed by atoms with E-state index in [1.807, 2.05) is 0 Å². The predicted octanol–water partition coefficient (Wildman–Crippen LogP) is 3.23. The van der Waals surface area contributed by atoms with Crippen LogP contribution in [0.25, 0.3) is 0 Å². The summed E-state index contributed by atoms with van der Waals surface area (Å²) in [5.74, 6) is -1.95. The van der Waals surface area contributed by atoms with Gasteiger partial charge in [-0.05, 0) is 20.8 Å². The fraction of sp³-hybridized carbons (Fsp3) is 0.550. The van der Waals surface area contributed by atoms with E-state index in [2.05, 4.69) is 29.2 Å². The molecule has 0 unspecified atom stereocenters. The summed E-state index contributed by atoms with van der Waals surface area (Å²) < 4.78 is 28.7. The monoisotopic (exact) mass is 502 g/mol. The number of carboxylic acid groups (broad SMARTS) is 1. The Balaban J connectivity index is -0.000000492. The molecule has 0 heterocycles. The second kappa shape index (κ2) is 25.3. The van der Waals surface area contributed by atoms with Crippen molar-refractivity contribution in [3.05, 3.63) is 36.5 Å². The average molecular weight is 503 g/mol. The number of rotatable bonds is 15. The Bertz CT molecular complexity index is 529. The van der Waals surface area contributed by atoms with E-state index >= 15 is 0 Å². The number of ether oxygens (including phenoxy) is 6. The van der Waals surface area contributed by atoms with Crippen LogP contribution in [0.2, 0.25) is 0 Å². The fourth-order valence-corrected chi connectivity index (χ4v) is 1.12. The van der Waals surface area contributed by atoms with E-state index in [0.717, 1.165) is 0 Å². The second-order valence-electron chi connectivity index (χ2n) is 5.60. The van der Waals surface area contributed by atoms with Gasteiger partial charge in [-0.15, -0.1) is 0 Å². The predicted molar refractivity (Wildman–Crippen MR) is 119 cm³/mol. The number of carbonyl (C=O) groups is 3. The lowest BCUT2D eigenvalue weighted by atomic mass is 10.4. The third-order valence-electron chi connectivity index (χ3n) is 2.51. The molecule has 0 spiro atoms. The first-order chi connectivity index (χ1) is 15.0. The zero-order valence-electron chi connectivity index (χ0n) is 18.7. The van der Waals surface area contributed by atoms with Crippen molar-refractivity contribution in [3.8, 4) is 0 Å². The van der Waals surface area contributed by atoms with Crippen LogP contribution < -0.4 is 0 Å². The van der Waals surface area contributed by atoms with E-state index in [1.54, 1.807) is 13.8 Å². The van der Waals surface area contributed by atoms with Gasteiger partial charge in [0.15, 0.2) is 13.6 Å². The topological polar surface area (TPSA) is 127 Å². The van der Waals surface area contributed by atoms with Crippen molar-refractivity contribution in [3.63, 3.8) is 0 Å². The van der Waals surface area contributed by atoms with Gasteiger partial charge in [0, 0.05) is 16.7 Å². The number of hydrogen-bond acceptors (Lipinski definition) is 9. The molecule has 0 amide bonds. The minimum absolute atomic E-state index is 0.166. The number of carbonyl (C=O) groups excluding carboxylic acids is 2. The first-order valence-corrected chi connectivity index (χ1v) is 10.0.